The van der Waals surface area contributed by atoms with Gasteiger partial charge in [0.1, 0.15) is 0 Å². The van der Waals surface area contributed by atoms with Crippen molar-refractivity contribution >= 4 is 5.97 Å². The van der Waals surface area contributed by atoms with Gasteiger partial charge >= 0.3 is 5.97 Å². The highest BCUT2D eigenvalue weighted by Gasteiger charge is 1.97. The fourth-order valence-electron chi connectivity index (χ4n) is 2.22. The van der Waals surface area contributed by atoms with E-state index >= 15 is 0 Å². The standard InChI is InChI=1S/C21H42O10/c1-24-7-8-26-11-12-28-15-16-30-19-20-31-18-17-29-14-13-27-10-9-25-6-4-2-3-5-21(22)23/h2-20H2,1H3,(H,22,23). The Kier molecular flexibility index (Phi) is 26.4. The zero-order valence-electron chi connectivity index (χ0n) is 19.1. The molecule has 0 aromatic rings. The van der Waals surface area contributed by atoms with Gasteiger partial charge in [0.05, 0.1) is 92.5 Å². The molecule has 0 unspecified atom stereocenters. The van der Waals surface area contributed by atoms with Gasteiger partial charge in [-0.15, -0.1) is 0 Å². The van der Waals surface area contributed by atoms with Crippen molar-refractivity contribution in [3.63, 3.8) is 0 Å². The summed E-state index contributed by atoms with van der Waals surface area (Å²) in [6.07, 6.45) is 2.67. The lowest BCUT2D eigenvalue weighted by Gasteiger charge is -2.08. The maximum atomic E-state index is 10.4. The average molecular weight is 455 g/mol. The highest BCUT2D eigenvalue weighted by atomic mass is 16.6. The second-order valence-corrected chi connectivity index (χ2v) is 6.48. The molecule has 0 aliphatic heterocycles. The summed E-state index contributed by atoms with van der Waals surface area (Å²) in [5, 5.41) is 8.52. The summed E-state index contributed by atoms with van der Waals surface area (Å²) in [7, 11) is 1.64. The Bertz CT molecular complexity index is 357. The van der Waals surface area contributed by atoms with Crippen molar-refractivity contribution in [2.75, 3.05) is 106 Å². The van der Waals surface area contributed by atoms with Gasteiger partial charge in [-0.25, -0.2) is 0 Å². The zero-order chi connectivity index (χ0) is 22.7. The lowest BCUT2D eigenvalue weighted by atomic mass is 10.2. The van der Waals surface area contributed by atoms with Crippen LogP contribution in [0.1, 0.15) is 25.7 Å². The van der Waals surface area contributed by atoms with Gasteiger partial charge in [0.2, 0.25) is 0 Å². The van der Waals surface area contributed by atoms with E-state index in [1.165, 1.54) is 0 Å². The van der Waals surface area contributed by atoms with Gasteiger partial charge in [-0.3, -0.25) is 4.79 Å². The minimum atomic E-state index is -0.745. The third-order valence-electron chi connectivity index (χ3n) is 3.84. The lowest BCUT2D eigenvalue weighted by molar-refractivity contribution is -0.137. The summed E-state index contributed by atoms with van der Waals surface area (Å²) in [5.41, 5.74) is 0. The molecule has 186 valence electrons. The van der Waals surface area contributed by atoms with Crippen LogP contribution < -0.4 is 0 Å². The lowest BCUT2D eigenvalue weighted by Crippen LogP contribution is -2.14. The quantitative estimate of drug-likeness (QED) is 0.183. The smallest absolute Gasteiger partial charge is 0.303 e. The molecule has 0 spiro atoms. The number of hydrogen-bond acceptors (Lipinski definition) is 9. The second-order valence-electron chi connectivity index (χ2n) is 6.48. The molecule has 0 atom stereocenters. The number of ether oxygens (including phenoxy) is 8. The number of carbonyl (C=O) groups is 1. The van der Waals surface area contributed by atoms with E-state index in [2.05, 4.69) is 0 Å². The van der Waals surface area contributed by atoms with Crippen LogP contribution in [0.4, 0.5) is 0 Å². The minimum Gasteiger partial charge on any atom is -0.481 e. The maximum absolute atomic E-state index is 10.4. The Morgan fingerprint density at radius 3 is 1.13 bits per heavy atom. The summed E-state index contributed by atoms with van der Waals surface area (Å²) in [4.78, 5) is 10.4. The topological polar surface area (TPSA) is 111 Å². The predicted octanol–water partition coefficient (Wildman–Crippen LogP) is 1.39. The Balaban J connectivity index is 3.00. The average Bonchev–Trinajstić information content (AvgIpc) is 2.76. The van der Waals surface area contributed by atoms with Gasteiger partial charge < -0.3 is 43.0 Å². The molecule has 0 bridgehead atoms. The number of carboxylic acid groups (broad SMARTS) is 1. The van der Waals surface area contributed by atoms with Gasteiger partial charge in [-0.1, -0.05) is 6.42 Å². The number of aliphatic carboxylic acids is 1. The number of hydrogen-bond donors (Lipinski definition) is 1. The normalized spacial score (nSPS) is 11.3. The molecule has 10 nitrogen and oxygen atoms in total. The zero-order valence-corrected chi connectivity index (χ0v) is 19.1. The van der Waals surface area contributed by atoms with Crippen molar-refractivity contribution in [2.24, 2.45) is 0 Å². The van der Waals surface area contributed by atoms with Crippen LogP contribution in [0.15, 0.2) is 0 Å². The molecule has 0 amide bonds. The van der Waals surface area contributed by atoms with Gasteiger partial charge in [0, 0.05) is 20.1 Å². The molecular formula is C21H42O10. The van der Waals surface area contributed by atoms with Crippen molar-refractivity contribution in [3.8, 4) is 0 Å². The van der Waals surface area contributed by atoms with Crippen LogP contribution in [-0.4, -0.2) is 117 Å². The van der Waals surface area contributed by atoms with Crippen LogP contribution in [-0.2, 0) is 42.7 Å². The summed E-state index contributed by atoms with van der Waals surface area (Å²) < 4.78 is 42.6. The fraction of sp³-hybridized carbons (Fsp3) is 0.952. The molecule has 0 saturated heterocycles. The summed E-state index contributed by atoms with van der Waals surface area (Å²) >= 11 is 0. The minimum absolute atomic E-state index is 0.227. The molecule has 0 aliphatic rings. The molecule has 0 radical (unpaired) electrons. The van der Waals surface area contributed by atoms with Gasteiger partial charge in [0.15, 0.2) is 0 Å². The largest absolute Gasteiger partial charge is 0.481 e. The fourth-order valence-corrected chi connectivity index (χ4v) is 2.22. The summed E-state index contributed by atoms with van der Waals surface area (Å²) in [6.45, 7) is 8.16. The molecule has 0 rings (SSSR count). The van der Waals surface area contributed by atoms with Crippen LogP contribution >= 0.6 is 0 Å². The first kappa shape index (κ1) is 30.1. The van der Waals surface area contributed by atoms with E-state index in [-0.39, 0.29) is 6.42 Å². The van der Waals surface area contributed by atoms with E-state index in [4.69, 9.17) is 43.0 Å². The molecule has 0 aromatic carbocycles. The molecule has 0 heterocycles. The van der Waals surface area contributed by atoms with Gasteiger partial charge in [-0.05, 0) is 12.8 Å². The van der Waals surface area contributed by atoms with Crippen LogP contribution in [0.3, 0.4) is 0 Å². The number of rotatable bonds is 27. The summed E-state index contributed by atoms with van der Waals surface area (Å²) in [5.74, 6) is -0.745. The molecule has 1 N–H and O–H groups in total. The van der Waals surface area contributed by atoms with Crippen molar-refractivity contribution < 1.29 is 47.8 Å². The van der Waals surface area contributed by atoms with Crippen molar-refractivity contribution in [2.45, 2.75) is 25.7 Å². The van der Waals surface area contributed by atoms with E-state index in [1.54, 1.807) is 7.11 Å². The van der Waals surface area contributed by atoms with E-state index in [0.717, 1.165) is 12.8 Å². The van der Waals surface area contributed by atoms with Crippen molar-refractivity contribution in [1.29, 1.82) is 0 Å². The third kappa shape index (κ3) is 29.1. The second kappa shape index (κ2) is 27.2. The molecule has 10 heteroatoms. The van der Waals surface area contributed by atoms with Crippen LogP contribution in [0.5, 0.6) is 0 Å². The van der Waals surface area contributed by atoms with Crippen LogP contribution in [0.25, 0.3) is 0 Å². The maximum Gasteiger partial charge on any atom is 0.303 e. The predicted molar refractivity (Wildman–Crippen MR) is 114 cm³/mol. The Morgan fingerprint density at radius 2 is 0.806 bits per heavy atom. The molecule has 0 aromatic heterocycles. The van der Waals surface area contributed by atoms with Gasteiger partial charge in [0.25, 0.3) is 0 Å². The molecule has 0 aliphatic carbocycles. The van der Waals surface area contributed by atoms with Crippen LogP contribution in [0, 0.1) is 0 Å². The third-order valence-corrected chi connectivity index (χ3v) is 3.84. The highest BCUT2D eigenvalue weighted by molar-refractivity contribution is 5.66. The first-order chi connectivity index (χ1) is 15.3. The van der Waals surface area contributed by atoms with E-state index < -0.39 is 5.97 Å². The first-order valence-corrected chi connectivity index (χ1v) is 11.0. The van der Waals surface area contributed by atoms with Gasteiger partial charge in [-0.2, -0.15) is 0 Å². The Morgan fingerprint density at radius 1 is 0.484 bits per heavy atom. The molecule has 0 fully saturated rings. The number of methoxy groups -OCH3 is 1. The summed E-state index contributed by atoms with van der Waals surface area (Å²) in [6, 6.07) is 0. The number of unbranched alkanes of at least 4 members (excludes halogenated alkanes) is 2. The Labute approximate surface area is 186 Å². The van der Waals surface area contributed by atoms with E-state index in [1.807, 2.05) is 0 Å². The van der Waals surface area contributed by atoms with E-state index in [9.17, 15) is 4.79 Å². The SMILES string of the molecule is COCCOCCOCCOCCOCCOCCOCCOCCCCCC(=O)O. The van der Waals surface area contributed by atoms with Crippen molar-refractivity contribution in [1.82, 2.24) is 0 Å². The molecule has 0 saturated carbocycles. The Hall–Kier alpha value is -0.850. The first-order valence-electron chi connectivity index (χ1n) is 11.0. The highest BCUT2D eigenvalue weighted by Crippen LogP contribution is 1.99. The van der Waals surface area contributed by atoms with Crippen LogP contribution in [0.2, 0.25) is 0 Å². The van der Waals surface area contributed by atoms with Crippen molar-refractivity contribution in [3.05, 3.63) is 0 Å². The monoisotopic (exact) mass is 454 g/mol. The van der Waals surface area contributed by atoms with E-state index in [0.29, 0.717) is 106 Å². The number of carboxylic acids is 1. The molecular weight excluding hydrogens is 412 g/mol. The molecule has 31 heavy (non-hydrogen) atoms.